The molecule has 6 nitrogen and oxygen atoms in total. The van der Waals surface area contributed by atoms with Crippen LogP contribution in [0.15, 0.2) is 60.2 Å². The predicted octanol–water partition coefficient (Wildman–Crippen LogP) is 4.50. The third kappa shape index (κ3) is 3.90. The molecule has 4 rings (SSSR count). The quantitative estimate of drug-likeness (QED) is 0.309. The van der Waals surface area contributed by atoms with E-state index in [4.69, 9.17) is 0 Å². The number of rotatable bonds is 3. The van der Waals surface area contributed by atoms with Gasteiger partial charge in [-0.3, -0.25) is 14.9 Å². The Morgan fingerprint density at radius 3 is 2.35 bits per heavy atom. The summed E-state index contributed by atoms with van der Waals surface area (Å²) < 4.78 is 16.4. The molecule has 8 heteroatoms. The summed E-state index contributed by atoms with van der Waals surface area (Å²) in [6, 6.07) is 13.9. The lowest BCUT2D eigenvalue weighted by Gasteiger charge is -2.26. The largest absolute Gasteiger partial charge is 0.335 e. The molecular formula is C23H17FIN3O3. The summed E-state index contributed by atoms with van der Waals surface area (Å²) in [5.41, 5.74) is 3.43. The first kappa shape index (κ1) is 21.0. The molecule has 1 aliphatic rings. The maximum absolute atomic E-state index is 13.3. The van der Waals surface area contributed by atoms with Crippen molar-refractivity contribution in [2.45, 2.75) is 13.8 Å². The molecule has 4 amide bonds. The molecule has 31 heavy (non-hydrogen) atoms. The fraction of sp³-hybridized carbons (Fsp3) is 0.0870. The van der Waals surface area contributed by atoms with E-state index in [9.17, 15) is 18.8 Å². The van der Waals surface area contributed by atoms with Gasteiger partial charge in [0.15, 0.2) is 0 Å². The summed E-state index contributed by atoms with van der Waals surface area (Å²) in [7, 11) is 0. The zero-order chi connectivity index (χ0) is 22.3. The van der Waals surface area contributed by atoms with Crippen LogP contribution in [0, 0.1) is 23.2 Å². The van der Waals surface area contributed by atoms with Gasteiger partial charge in [-0.25, -0.2) is 14.1 Å². The topological polar surface area (TPSA) is 71.4 Å². The van der Waals surface area contributed by atoms with Crippen LogP contribution in [0.4, 0.5) is 14.9 Å². The Morgan fingerprint density at radius 2 is 1.68 bits per heavy atom. The minimum Gasteiger partial charge on any atom is -0.318 e. The summed E-state index contributed by atoms with van der Waals surface area (Å²) in [5.74, 6) is -2.03. The lowest BCUT2D eigenvalue weighted by atomic mass is 10.1. The Bertz CT molecular complexity index is 1260. The van der Waals surface area contributed by atoms with Gasteiger partial charge in [0, 0.05) is 20.6 Å². The van der Waals surface area contributed by atoms with Gasteiger partial charge in [-0.15, -0.1) is 0 Å². The number of urea groups is 1. The van der Waals surface area contributed by atoms with Gasteiger partial charge in [0.05, 0.1) is 5.69 Å². The Labute approximate surface area is 191 Å². The number of halogens is 2. The summed E-state index contributed by atoms with van der Waals surface area (Å²) in [5, 5.41) is 2.18. The van der Waals surface area contributed by atoms with E-state index in [1.165, 1.54) is 18.2 Å². The SMILES string of the molecule is Cc1cc(/C=C2\C(=O)NC(=O)N(c3ccc(F)cc3)C2=O)c(C)n1-c1cccc(I)c1. The van der Waals surface area contributed by atoms with E-state index < -0.39 is 23.7 Å². The van der Waals surface area contributed by atoms with Gasteiger partial charge in [0.1, 0.15) is 11.4 Å². The Hall–Kier alpha value is -3.27. The molecule has 3 aromatic rings. The number of nitrogens with zero attached hydrogens (tertiary/aromatic N) is 2. The highest BCUT2D eigenvalue weighted by atomic mass is 127. The minimum absolute atomic E-state index is 0.173. The normalized spacial score (nSPS) is 15.5. The molecule has 156 valence electrons. The maximum atomic E-state index is 13.3. The Kier molecular flexibility index (Phi) is 5.48. The van der Waals surface area contributed by atoms with Gasteiger partial charge in [-0.1, -0.05) is 6.07 Å². The highest BCUT2D eigenvalue weighted by molar-refractivity contribution is 14.1. The molecule has 0 saturated carbocycles. The van der Waals surface area contributed by atoms with Crippen molar-refractivity contribution in [3.8, 4) is 5.69 Å². The van der Waals surface area contributed by atoms with E-state index in [0.29, 0.717) is 5.56 Å². The summed E-state index contributed by atoms with van der Waals surface area (Å²) in [4.78, 5) is 38.6. The summed E-state index contributed by atoms with van der Waals surface area (Å²) in [6.07, 6.45) is 1.48. The van der Waals surface area contributed by atoms with Crippen molar-refractivity contribution < 1.29 is 18.8 Å². The van der Waals surface area contributed by atoms with E-state index in [1.54, 1.807) is 0 Å². The molecule has 0 aliphatic carbocycles. The number of nitrogens with one attached hydrogen (secondary N) is 1. The van der Waals surface area contributed by atoms with Crippen molar-refractivity contribution in [3.05, 3.63) is 86.5 Å². The van der Waals surface area contributed by atoms with Crippen molar-refractivity contribution in [2.24, 2.45) is 0 Å². The van der Waals surface area contributed by atoms with Crippen molar-refractivity contribution in [1.82, 2.24) is 9.88 Å². The molecule has 1 aliphatic heterocycles. The van der Waals surface area contributed by atoms with Gasteiger partial charge in [0.2, 0.25) is 0 Å². The number of barbiturate groups is 1. The van der Waals surface area contributed by atoms with Crippen molar-refractivity contribution in [1.29, 1.82) is 0 Å². The smallest absolute Gasteiger partial charge is 0.318 e. The fourth-order valence-corrected chi connectivity index (χ4v) is 4.11. The van der Waals surface area contributed by atoms with Gasteiger partial charge in [-0.05, 0) is 96.6 Å². The highest BCUT2D eigenvalue weighted by Crippen LogP contribution is 2.26. The molecule has 2 aromatic carbocycles. The second kappa shape index (κ2) is 8.10. The molecule has 1 N–H and O–H groups in total. The van der Waals surface area contributed by atoms with Gasteiger partial charge in [0.25, 0.3) is 11.8 Å². The van der Waals surface area contributed by atoms with Crippen molar-refractivity contribution in [3.63, 3.8) is 0 Å². The molecule has 2 heterocycles. The van der Waals surface area contributed by atoms with Crippen LogP contribution in [0.1, 0.15) is 17.0 Å². The van der Waals surface area contributed by atoms with Crippen LogP contribution in [0.3, 0.4) is 0 Å². The van der Waals surface area contributed by atoms with Crippen LogP contribution in [0.5, 0.6) is 0 Å². The van der Waals surface area contributed by atoms with E-state index in [0.717, 1.165) is 37.7 Å². The monoisotopic (exact) mass is 529 g/mol. The Morgan fingerprint density at radius 1 is 0.968 bits per heavy atom. The highest BCUT2D eigenvalue weighted by Gasteiger charge is 2.37. The fourth-order valence-electron chi connectivity index (χ4n) is 3.58. The number of hydrogen-bond acceptors (Lipinski definition) is 3. The van der Waals surface area contributed by atoms with Crippen LogP contribution in [-0.2, 0) is 9.59 Å². The van der Waals surface area contributed by atoms with E-state index >= 15 is 0 Å². The molecule has 0 bridgehead atoms. The number of benzene rings is 2. The van der Waals surface area contributed by atoms with Crippen LogP contribution >= 0.6 is 22.6 Å². The van der Waals surface area contributed by atoms with E-state index in [-0.39, 0.29) is 11.3 Å². The Balaban J connectivity index is 1.76. The molecule has 1 aromatic heterocycles. The standard InChI is InChI=1S/C23H17FIN3O3/c1-13-10-15(14(2)27(13)19-5-3-4-17(25)12-19)11-20-21(29)26-23(31)28(22(20)30)18-8-6-16(24)7-9-18/h3-12H,1-2H3,(H,26,29,31)/b20-11+. The molecule has 0 unspecified atom stereocenters. The lowest BCUT2D eigenvalue weighted by molar-refractivity contribution is -0.122. The third-order valence-electron chi connectivity index (χ3n) is 5.02. The zero-order valence-electron chi connectivity index (χ0n) is 16.6. The lowest BCUT2D eigenvalue weighted by Crippen LogP contribution is -2.54. The molecule has 0 atom stereocenters. The number of hydrogen-bond donors (Lipinski definition) is 1. The molecule has 1 saturated heterocycles. The van der Waals surface area contributed by atoms with Crippen molar-refractivity contribution >= 4 is 52.2 Å². The number of aromatic nitrogens is 1. The van der Waals surface area contributed by atoms with Crippen LogP contribution in [0.2, 0.25) is 0 Å². The second-order valence-electron chi connectivity index (χ2n) is 7.08. The van der Waals surface area contributed by atoms with Gasteiger partial charge in [-0.2, -0.15) is 0 Å². The average Bonchev–Trinajstić information content (AvgIpc) is 2.99. The van der Waals surface area contributed by atoms with E-state index in [2.05, 4.69) is 27.9 Å². The average molecular weight is 529 g/mol. The number of anilines is 1. The number of carbonyl (C=O) groups excluding carboxylic acids is 3. The first-order valence-corrected chi connectivity index (χ1v) is 10.5. The second-order valence-corrected chi connectivity index (χ2v) is 8.32. The predicted molar refractivity (Wildman–Crippen MR) is 123 cm³/mol. The zero-order valence-corrected chi connectivity index (χ0v) is 18.8. The third-order valence-corrected chi connectivity index (χ3v) is 5.69. The summed E-state index contributed by atoms with van der Waals surface area (Å²) in [6.45, 7) is 3.83. The van der Waals surface area contributed by atoms with Crippen molar-refractivity contribution in [2.75, 3.05) is 4.90 Å². The number of carbonyl (C=O) groups is 3. The molecule has 0 spiro atoms. The van der Waals surface area contributed by atoms with Gasteiger partial charge < -0.3 is 4.57 Å². The molecule has 1 fully saturated rings. The van der Waals surface area contributed by atoms with Crippen LogP contribution in [0.25, 0.3) is 11.8 Å². The minimum atomic E-state index is -0.872. The van der Waals surface area contributed by atoms with E-state index in [1.807, 2.05) is 48.7 Å². The maximum Gasteiger partial charge on any atom is 0.335 e. The first-order chi connectivity index (χ1) is 14.8. The summed E-state index contributed by atoms with van der Waals surface area (Å²) >= 11 is 2.24. The molecular weight excluding hydrogens is 512 g/mol. The number of imide groups is 2. The van der Waals surface area contributed by atoms with Crippen LogP contribution in [-0.4, -0.2) is 22.4 Å². The number of amides is 4. The first-order valence-electron chi connectivity index (χ1n) is 9.38. The molecule has 0 radical (unpaired) electrons. The number of aryl methyl sites for hydroxylation is 1. The van der Waals surface area contributed by atoms with Crippen LogP contribution < -0.4 is 10.2 Å². The van der Waals surface area contributed by atoms with Gasteiger partial charge >= 0.3 is 6.03 Å².